The summed E-state index contributed by atoms with van der Waals surface area (Å²) >= 11 is 1.53. The molecule has 0 spiro atoms. The first kappa shape index (κ1) is 22.9. The molecule has 9 heteroatoms. The number of thiophene rings is 1. The number of benzene rings is 2. The zero-order chi connectivity index (χ0) is 24.7. The van der Waals surface area contributed by atoms with Gasteiger partial charge >= 0.3 is 0 Å². The van der Waals surface area contributed by atoms with Gasteiger partial charge in [-0.05, 0) is 54.3 Å². The van der Waals surface area contributed by atoms with E-state index in [2.05, 4.69) is 5.32 Å². The maximum atomic E-state index is 13.9. The number of hydrogen-bond donors (Lipinski definition) is 1. The fraction of sp³-hybridized carbons (Fsp3) is 0.231. The minimum Gasteiger partial charge on any atom is -0.493 e. The number of aromatic nitrogens is 1. The molecule has 3 heterocycles. The van der Waals surface area contributed by atoms with E-state index in [0.29, 0.717) is 22.9 Å². The molecule has 0 bridgehead atoms. The number of nitrogens with zero attached hydrogens (tertiary/aromatic N) is 2. The average Bonchev–Trinajstić information content (AvgIpc) is 3.46. The molecule has 2 amide bonds. The lowest BCUT2D eigenvalue weighted by atomic mass is 9.93. The van der Waals surface area contributed by atoms with Crippen molar-refractivity contribution in [2.75, 3.05) is 19.1 Å². The minimum atomic E-state index is -1.25. The Bertz CT molecular complexity index is 1430. The first-order chi connectivity index (χ1) is 16.9. The first-order valence-electron chi connectivity index (χ1n) is 11.0. The highest BCUT2D eigenvalue weighted by Crippen LogP contribution is 2.40. The van der Waals surface area contributed by atoms with Gasteiger partial charge in [0.15, 0.2) is 11.5 Å². The van der Waals surface area contributed by atoms with E-state index in [1.807, 2.05) is 22.1 Å². The van der Waals surface area contributed by atoms with Gasteiger partial charge in [0.25, 0.3) is 5.91 Å². The normalized spacial score (nSPS) is 17.4. The third kappa shape index (κ3) is 3.81. The standard InChI is InChI=1S/C26H24FN3O4S/c1-26(25(32)28-14-16-4-6-18(27)7-5-16)15-29-20(12-17-10-11-35-24(17)29)23(31)30(26)19-8-9-21(33-2)22(13-19)34-3/h4-13H,14-15H2,1-3H3,(H,28,32)/t26-/m1/s1. The third-order valence-electron chi connectivity index (χ3n) is 6.36. The molecule has 7 nitrogen and oxygen atoms in total. The van der Waals surface area contributed by atoms with Crippen molar-refractivity contribution >= 4 is 39.1 Å². The van der Waals surface area contributed by atoms with Crippen LogP contribution in [-0.4, -0.2) is 36.1 Å². The highest BCUT2D eigenvalue weighted by Gasteiger charge is 2.48. The Morgan fingerprint density at radius 2 is 1.83 bits per heavy atom. The largest absolute Gasteiger partial charge is 0.493 e. The van der Waals surface area contributed by atoms with Crippen molar-refractivity contribution in [3.05, 3.63) is 77.1 Å². The van der Waals surface area contributed by atoms with Crippen LogP contribution in [0.2, 0.25) is 0 Å². The smallest absolute Gasteiger partial charge is 0.275 e. The van der Waals surface area contributed by atoms with Crippen molar-refractivity contribution in [2.24, 2.45) is 0 Å². The van der Waals surface area contributed by atoms with E-state index in [9.17, 15) is 14.0 Å². The Morgan fingerprint density at radius 3 is 2.54 bits per heavy atom. The van der Waals surface area contributed by atoms with Crippen LogP contribution in [0.5, 0.6) is 11.5 Å². The molecule has 1 N–H and O–H groups in total. The highest BCUT2D eigenvalue weighted by molar-refractivity contribution is 7.16. The van der Waals surface area contributed by atoms with Crippen LogP contribution >= 0.6 is 11.3 Å². The molecule has 0 saturated heterocycles. The summed E-state index contributed by atoms with van der Waals surface area (Å²) in [4.78, 5) is 30.1. The van der Waals surface area contributed by atoms with Crippen LogP contribution in [0.15, 0.2) is 60.0 Å². The van der Waals surface area contributed by atoms with Crippen molar-refractivity contribution < 1.29 is 23.5 Å². The Labute approximate surface area is 205 Å². The molecule has 1 aliphatic rings. The van der Waals surface area contributed by atoms with E-state index >= 15 is 0 Å². The number of nitrogens with one attached hydrogen (secondary N) is 1. The number of amides is 2. The summed E-state index contributed by atoms with van der Waals surface area (Å²) in [5.41, 5.74) is 0.540. The number of anilines is 1. The zero-order valence-electron chi connectivity index (χ0n) is 19.5. The van der Waals surface area contributed by atoms with Crippen LogP contribution < -0.4 is 19.7 Å². The number of halogens is 1. The van der Waals surface area contributed by atoms with Crippen LogP contribution in [-0.2, 0) is 17.9 Å². The molecular formula is C26H24FN3O4S. The number of hydrogen-bond acceptors (Lipinski definition) is 5. The Kier molecular flexibility index (Phi) is 5.72. The van der Waals surface area contributed by atoms with Crippen LogP contribution in [0.25, 0.3) is 10.2 Å². The molecule has 0 fully saturated rings. The number of fused-ring (bicyclic) bond motifs is 3. The second kappa shape index (κ2) is 8.74. The lowest BCUT2D eigenvalue weighted by molar-refractivity contribution is -0.126. The van der Waals surface area contributed by atoms with Gasteiger partial charge in [0.05, 0.1) is 20.8 Å². The zero-order valence-corrected chi connectivity index (χ0v) is 20.3. The van der Waals surface area contributed by atoms with Gasteiger partial charge in [-0.15, -0.1) is 11.3 Å². The van der Waals surface area contributed by atoms with Gasteiger partial charge in [-0.25, -0.2) is 4.39 Å². The van der Waals surface area contributed by atoms with Crippen molar-refractivity contribution in [1.82, 2.24) is 9.88 Å². The van der Waals surface area contributed by atoms with E-state index < -0.39 is 5.54 Å². The van der Waals surface area contributed by atoms with Gasteiger partial charge in [-0.2, -0.15) is 0 Å². The van der Waals surface area contributed by atoms with Crippen molar-refractivity contribution in [3.63, 3.8) is 0 Å². The summed E-state index contributed by atoms with van der Waals surface area (Å²) in [6.45, 7) is 2.22. The number of carbonyl (C=O) groups is 2. The molecule has 2 aromatic heterocycles. The molecule has 1 aliphatic heterocycles. The summed E-state index contributed by atoms with van der Waals surface area (Å²) in [6.07, 6.45) is 0. The quantitative estimate of drug-likeness (QED) is 0.426. The SMILES string of the molecule is COc1ccc(N2C(=O)c3cc4ccsc4n3C[C@]2(C)C(=O)NCc2ccc(F)cc2)cc1OC. The van der Waals surface area contributed by atoms with E-state index in [-0.39, 0.29) is 30.7 Å². The van der Waals surface area contributed by atoms with E-state index in [1.165, 1.54) is 42.6 Å². The Hall–Kier alpha value is -3.85. The molecule has 0 aliphatic carbocycles. The van der Waals surface area contributed by atoms with Crippen molar-refractivity contribution in [2.45, 2.75) is 25.6 Å². The average molecular weight is 494 g/mol. The molecule has 4 aromatic rings. The second-order valence-electron chi connectivity index (χ2n) is 8.56. The number of rotatable bonds is 6. The molecular weight excluding hydrogens is 469 g/mol. The topological polar surface area (TPSA) is 72.8 Å². The summed E-state index contributed by atoms with van der Waals surface area (Å²) in [7, 11) is 3.06. The van der Waals surface area contributed by atoms with Crippen LogP contribution in [0, 0.1) is 5.82 Å². The number of carbonyl (C=O) groups excluding carboxylic acids is 2. The third-order valence-corrected chi connectivity index (χ3v) is 7.32. The van der Waals surface area contributed by atoms with Gasteiger partial charge in [0, 0.05) is 23.7 Å². The molecule has 0 radical (unpaired) electrons. The lowest BCUT2D eigenvalue weighted by Gasteiger charge is -2.44. The van der Waals surface area contributed by atoms with Gasteiger partial charge in [-0.3, -0.25) is 14.5 Å². The minimum absolute atomic E-state index is 0.204. The molecule has 0 saturated carbocycles. The van der Waals surface area contributed by atoms with Crippen LogP contribution in [0.4, 0.5) is 10.1 Å². The first-order valence-corrected chi connectivity index (χ1v) is 11.9. The predicted octanol–water partition coefficient (Wildman–Crippen LogP) is 4.59. The fourth-order valence-electron chi connectivity index (χ4n) is 4.54. The molecule has 35 heavy (non-hydrogen) atoms. The summed E-state index contributed by atoms with van der Waals surface area (Å²) < 4.78 is 26.0. The monoisotopic (exact) mass is 493 g/mol. The van der Waals surface area contributed by atoms with E-state index in [1.54, 1.807) is 37.3 Å². The lowest BCUT2D eigenvalue weighted by Crippen LogP contribution is -2.64. The molecule has 0 unspecified atom stereocenters. The van der Waals surface area contributed by atoms with Crippen molar-refractivity contribution in [3.8, 4) is 11.5 Å². The molecule has 180 valence electrons. The highest BCUT2D eigenvalue weighted by atomic mass is 32.1. The number of methoxy groups -OCH3 is 2. The van der Waals surface area contributed by atoms with Crippen molar-refractivity contribution in [1.29, 1.82) is 0 Å². The predicted molar refractivity (Wildman–Crippen MR) is 133 cm³/mol. The molecule has 2 aromatic carbocycles. The van der Waals surface area contributed by atoms with E-state index in [0.717, 1.165) is 15.8 Å². The number of ether oxygens (including phenoxy) is 2. The van der Waals surface area contributed by atoms with Gasteiger partial charge in [0.1, 0.15) is 21.9 Å². The summed E-state index contributed by atoms with van der Waals surface area (Å²) in [5, 5.41) is 5.87. The summed E-state index contributed by atoms with van der Waals surface area (Å²) in [5.74, 6) is 0.0193. The second-order valence-corrected chi connectivity index (χ2v) is 9.45. The van der Waals surface area contributed by atoms with Gasteiger partial charge in [-0.1, -0.05) is 12.1 Å². The van der Waals surface area contributed by atoms with Crippen LogP contribution in [0.3, 0.4) is 0 Å². The fourth-order valence-corrected chi connectivity index (χ4v) is 5.44. The van der Waals surface area contributed by atoms with Gasteiger partial charge in [0.2, 0.25) is 5.91 Å². The molecule has 1 atom stereocenters. The van der Waals surface area contributed by atoms with E-state index in [4.69, 9.17) is 9.47 Å². The molecule has 5 rings (SSSR count). The maximum Gasteiger partial charge on any atom is 0.275 e. The van der Waals surface area contributed by atoms with Crippen LogP contribution in [0.1, 0.15) is 23.0 Å². The summed E-state index contributed by atoms with van der Waals surface area (Å²) in [6, 6.07) is 14.9. The van der Waals surface area contributed by atoms with Gasteiger partial charge < -0.3 is 19.4 Å². The maximum absolute atomic E-state index is 13.9. The Balaban J connectivity index is 1.57. The Morgan fingerprint density at radius 1 is 1.09 bits per heavy atom.